The van der Waals surface area contributed by atoms with E-state index < -0.39 is 10.0 Å². The van der Waals surface area contributed by atoms with Crippen molar-refractivity contribution in [2.75, 3.05) is 13.1 Å². The first-order valence-electron chi connectivity index (χ1n) is 6.03. The molecule has 1 aliphatic heterocycles. The summed E-state index contributed by atoms with van der Waals surface area (Å²) in [5.41, 5.74) is 5.62. The number of hydrogen-bond acceptors (Lipinski definition) is 3. The molecule has 0 aromatic heterocycles. The first-order chi connectivity index (χ1) is 8.86. The minimum Gasteiger partial charge on any atom is -0.330 e. The Morgan fingerprint density at radius 1 is 1.37 bits per heavy atom. The number of rotatable bonds is 3. The summed E-state index contributed by atoms with van der Waals surface area (Å²) in [5, 5.41) is 0.583. The van der Waals surface area contributed by atoms with E-state index in [1.54, 1.807) is 0 Å². The van der Waals surface area contributed by atoms with Gasteiger partial charge < -0.3 is 5.73 Å². The Labute approximate surface area is 123 Å². The summed E-state index contributed by atoms with van der Waals surface area (Å²) in [5.74, 6) is 0.215. The summed E-state index contributed by atoms with van der Waals surface area (Å²) >= 11 is 11.7. The molecule has 2 atom stereocenters. The van der Waals surface area contributed by atoms with Gasteiger partial charge in [-0.05, 0) is 44.0 Å². The first-order valence-corrected chi connectivity index (χ1v) is 8.23. The van der Waals surface area contributed by atoms with Gasteiger partial charge in [0.25, 0.3) is 0 Å². The number of sulfonamides is 1. The lowest BCUT2D eigenvalue weighted by molar-refractivity contribution is 0.404. The molecule has 1 aromatic rings. The van der Waals surface area contributed by atoms with E-state index in [9.17, 15) is 8.42 Å². The maximum absolute atomic E-state index is 12.6. The van der Waals surface area contributed by atoms with Gasteiger partial charge in [0.05, 0.1) is 14.9 Å². The smallest absolute Gasteiger partial charge is 0.243 e. The van der Waals surface area contributed by atoms with Gasteiger partial charge in [-0.25, -0.2) is 8.42 Å². The predicted molar refractivity (Wildman–Crippen MR) is 77.0 cm³/mol. The average molecular weight is 323 g/mol. The maximum atomic E-state index is 12.6. The van der Waals surface area contributed by atoms with Crippen LogP contribution in [0.4, 0.5) is 0 Å². The predicted octanol–water partition coefficient (Wildman–Crippen LogP) is 2.35. The van der Waals surface area contributed by atoms with Gasteiger partial charge in [-0.1, -0.05) is 23.2 Å². The molecule has 19 heavy (non-hydrogen) atoms. The van der Waals surface area contributed by atoms with Gasteiger partial charge in [-0.15, -0.1) is 0 Å². The van der Waals surface area contributed by atoms with Crippen LogP contribution >= 0.6 is 23.2 Å². The van der Waals surface area contributed by atoms with Crippen LogP contribution in [-0.2, 0) is 10.0 Å². The molecule has 2 unspecified atom stereocenters. The van der Waals surface area contributed by atoms with E-state index in [1.165, 1.54) is 22.5 Å². The molecule has 1 aromatic carbocycles. The lowest BCUT2D eigenvalue weighted by Crippen LogP contribution is -2.34. The van der Waals surface area contributed by atoms with E-state index in [4.69, 9.17) is 28.9 Å². The lowest BCUT2D eigenvalue weighted by Gasteiger charge is -2.21. The highest BCUT2D eigenvalue weighted by molar-refractivity contribution is 7.89. The van der Waals surface area contributed by atoms with Crippen molar-refractivity contribution < 1.29 is 8.42 Å². The largest absolute Gasteiger partial charge is 0.330 e. The van der Waals surface area contributed by atoms with Crippen molar-refractivity contribution in [2.45, 2.75) is 24.3 Å². The zero-order valence-electron chi connectivity index (χ0n) is 10.5. The Balaban J connectivity index is 2.34. The minimum absolute atomic E-state index is 0.0481. The maximum Gasteiger partial charge on any atom is 0.243 e. The SMILES string of the molecule is CC1CC(CN)CN1S(=O)(=O)c1ccc(Cl)c(Cl)c1. The fourth-order valence-corrected chi connectivity index (χ4v) is 4.49. The summed E-state index contributed by atoms with van der Waals surface area (Å²) in [6.45, 7) is 2.85. The third-order valence-corrected chi connectivity index (χ3v) is 6.15. The van der Waals surface area contributed by atoms with Crippen molar-refractivity contribution >= 4 is 33.2 Å². The van der Waals surface area contributed by atoms with Crippen LogP contribution in [0.1, 0.15) is 13.3 Å². The Kier molecular flexibility index (Phi) is 4.42. The fraction of sp³-hybridized carbons (Fsp3) is 0.500. The molecule has 0 amide bonds. The Morgan fingerprint density at radius 3 is 2.58 bits per heavy atom. The Morgan fingerprint density at radius 2 is 2.05 bits per heavy atom. The molecule has 1 saturated heterocycles. The van der Waals surface area contributed by atoms with Gasteiger partial charge in [-0.2, -0.15) is 4.31 Å². The van der Waals surface area contributed by atoms with Crippen LogP contribution in [0.15, 0.2) is 23.1 Å². The number of halogens is 2. The van der Waals surface area contributed by atoms with Crippen LogP contribution < -0.4 is 5.73 Å². The molecule has 1 aliphatic rings. The van der Waals surface area contributed by atoms with E-state index in [0.29, 0.717) is 18.1 Å². The van der Waals surface area contributed by atoms with Gasteiger partial charge in [0.2, 0.25) is 10.0 Å². The summed E-state index contributed by atoms with van der Waals surface area (Å²) < 4.78 is 26.6. The third-order valence-electron chi connectivity index (χ3n) is 3.44. The van der Waals surface area contributed by atoms with Crippen LogP contribution in [-0.4, -0.2) is 31.9 Å². The molecular weight excluding hydrogens is 307 g/mol. The molecule has 2 N–H and O–H groups in total. The van der Waals surface area contributed by atoms with Crippen LogP contribution in [0.5, 0.6) is 0 Å². The normalized spacial score (nSPS) is 24.8. The van der Waals surface area contributed by atoms with E-state index in [-0.39, 0.29) is 21.9 Å². The molecule has 106 valence electrons. The van der Waals surface area contributed by atoms with E-state index in [0.717, 1.165) is 6.42 Å². The second-order valence-electron chi connectivity index (χ2n) is 4.84. The third kappa shape index (κ3) is 2.90. The Bertz CT molecular complexity index is 577. The second kappa shape index (κ2) is 5.58. The van der Waals surface area contributed by atoms with Gasteiger partial charge in [0, 0.05) is 12.6 Å². The molecular formula is C12H16Cl2N2O2S. The number of nitrogens with two attached hydrogens (primary N) is 1. The van der Waals surface area contributed by atoms with Crippen LogP contribution in [0.25, 0.3) is 0 Å². The quantitative estimate of drug-likeness (QED) is 0.929. The zero-order chi connectivity index (χ0) is 14.2. The second-order valence-corrected chi connectivity index (χ2v) is 7.54. The standard InChI is InChI=1S/C12H16Cl2N2O2S/c1-8-4-9(6-15)7-16(8)19(17,18)10-2-3-11(13)12(14)5-10/h2-3,5,8-9H,4,6-7,15H2,1H3. The van der Waals surface area contributed by atoms with Crippen molar-refractivity contribution in [3.63, 3.8) is 0 Å². The first kappa shape index (κ1) is 15.1. The van der Waals surface area contributed by atoms with E-state index >= 15 is 0 Å². The molecule has 0 spiro atoms. The highest BCUT2D eigenvalue weighted by atomic mass is 35.5. The van der Waals surface area contributed by atoms with E-state index in [2.05, 4.69) is 0 Å². The van der Waals surface area contributed by atoms with Crippen molar-refractivity contribution in [2.24, 2.45) is 11.7 Å². The van der Waals surface area contributed by atoms with E-state index in [1.807, 2.05) is 6.92 Å². The van der Waals surface area contributed by atoms with Crippen molar-refractivity contribution in [1.29, 1.82) is 0 Å². The highest BCUT2D eigenvalue weighted by Crippen LogP contribution is 2.31. The summed E-state index contributed by atoms with van der Waals surface area (Å²) in [7, 11) is -3.54. The van der Waals surface area contributed by atoms with Crippen molar-refractivity contribution in [3.05, 3.63) is 28.2 Å². The lowest BCUT2D eigenvalue weighted by atomic mass is 10.1. The summed E-state index contributed by atoms with van der Waals surface area (Å²) in [6, 6.07) is 4.32. The Hall–Kier alpha value is -0.330. The number of nitrogens with zero attached hydrogens (tertiary/aromatic N) is 1. The molecule has 7 heteroatoms. The molecule has 2 rings (SSSR count). The minimum atomic E-state index is -3.54. The topological polar surface area (TPSA) is 63.4 Å². The molecule has 0 bridgehead atoms. The molecule has 0 aliphatic carbocycles. The van der Waals surface area contributed by atoms with Gasteiger partial charge >= 0.3 is 0 Å². The summed E-state index contributed by atoms with van der Waals surface area (Å²) in [6.07, 6.45) is 0.789. The van der Waals surface area contributed by atoms with Gasteiger partial charge in [0.1, 0.15) is 0 Å². The number of hydrogen-bond donors (Lipinski definition) is 1. The number of benzene rings is 1. The van der Waals surface area contributed by atoms with Gasteiger partial charge in [0.15, 0.2) is 0 Å². The molecule has 0 saturated carbocycles. The average Bonchev–Trinajstić information content (AvgIpc) is 2.74. The van der Waals surface area contributed by atoms with Gasteiger partial charge in [-0.3, -0.25) is 0 Å². The highest BCUT2D eigenvalue weighted by Gasteiger charge is 2.37. The van der Waals surface area contributed by atoms with Crippen molar-refractivity contribution in [3.8, 4) is 0 Å². The van der Waals surface area contributed by atoms with Crippen molar-refractivity contribution in [1.82, 2.24) is 4.31 Å². The molecule has 0 radical (unpaired) electrons. The molecule has 4 nitrogen and oxygen atoms in total. The van der Waals surface area contributed by atoms with Crippen LogP contribution in [0.3, 0.4) is 0 Å². The zero-order valence-corrected chi connectivity index (χ0v) is 12.8. The van der Waals surface area contributed by atoms with Crippen LogP contribution in [0, 0.1) is 5.92 Å². The fourth-order valence-electron chi connectivity index (χ4n) is 2.39. The molecule has 1 fully saturated rings. The summed E-state index contributed by atoms with van der Waals surface area (Å²) in [4.78, 5) is 0.173. The van der Waals surface area contributed by atoms with Crippen LogP contribution in [0.2, 0.25) is 10.0 Å². The molecule has 1 heterocycles. The monoisotopic (exact) mass is 322 g/mol.